The molecule has 104 valence electrons. The number of hydrogen-bond donors (Lipinski definition) is 0. The number of halogens is 3. The second-order valence-corrected chi connectivity index (χ2v) is 4.53. The highest BCUT2D eigenvalue weighted by Crippen LogP contribution is 2.32. The summed E-state index contributed by atoms with van der Waals surface area (Å²) in [7, 11) is 0. The summed E-state index contributed by atoms with van der Waals surface area (Å²) in [5, 5.41) is 10.6. The molecule has 0 spiro atoms. The minimum atomic E-state index is -0.589. The number of nitrogens with zero attached hydrogens (tertiary/aromatic N) is 1. The summed E-state index contributed by atoms with van der Waals surface area (Å²) in [4.78, 5) is 10.1. The molecule has 0 aliphatic rings. The first-order valence-corrected chi connectivity index (χ1v) is 6.38. The number of hydrogen-bond acceptors (Lipinski definition) is 3. The van der Waals surface area contributed by atoms with Crippen LogP contribution >= 0.6 is 23.2 Å². The predicted octanol–water partition coefficient (Wildman–Crippen LogP) is 4.92. The summed E-state index contributed by atoms with van der Waals surface area (Å²) in [6, 6.07) is 7.89. The third kappa shape index (κ3) is 3.18. The summed E-state index contributed by atoms with van der Waals surface area (Å²) < 4.78 is 18.6. The Labute approximate surface area is 123 Å². The van der Waals surface area contributed by atoms with Gasteiger partial charge in [0.05, 0.1) is 10.8 Å². The van der Waals surface area contributed by atoms with E-state index in [2.05, 4.69) is 0 Å². The highest BCUT2D eigenvalue weighted by molar-refractivity contribution is 6.32. The number of alkyl halides is 1. The molecule has 4 nitrogen and oxygen atoms in total. The molecule has 0 aliphatic heterocycles. The Hall–Kier alpha value is -1.85. The zero-order chi connectivity index (χ0) is 14.7. The van der Waals surface area contributed by atoms with Crippen LogP contribution in [0.25, 0.3) is 0 Å². The van der Waals surface area contributed by atoms with Gasteiger partial charge >= 0.3 is 0 Å². The van der Waals surface area contributed by atoms with Gasteiger partial charge in [-0.05, 0) is 24.3 Å². The predicted molar refractivity (Wildman–Crippen MR) is 74.1 cm³/mol. The van der Waals surface area contributed by atoms with E-state index in [1.165, 1.54) is 36.4 Å². The van der Waals surface area contributed by atoms with E-state index in [1.54, 1.807) is 0 Å². The zero-order valence-corrected chi connectivity index (χ0v) is 11.5. The quantitative estimate of drug-likeness (QED) is 0.457. The number of nitro benzene ring substituents is 1. The molecular weight excluding hydrogens is 308 g/mol. The molecule has 0 heterocycles. The van der Waals surface area contributed by atoms with Gasteiger partial charge in [-0.15, -0.1) is 11.6 Å². The Morgan fingerprint density at radius 1 is 1.25 bits per heavy atom. The molecule has 0 fully saturated rings. The maximum atomic E-state index is 13.1. The van der Waals surface area contributed by atoms with Crippen molar-refractivity contribution in [1.82, 2.24) is 0 Å². The molecule has 0 aliphatic carbocycles. The van der Waals surface area contributed by atoms with Crippen LogP contribution in [0.5, 0.6) is 11.5 Å². The Morgan fingerprint density at radius 2 is 2.00 bits per heavy atom. The molecule has 7 heteroatoms. The Bertz CT molecular complexity index is 664. The van der Waals surface area contributed by atoms with E-state index < -0.39 is 10.7 Å². The SMILES string of the molecule is O=[N+]([O-])c1ccc(Oc2ccc(F)cc2CCl)cc1Cl. The van der Waals surface area contributed by atoms with E-state index in [9.17, 15) is 14.5 Å². The maximum absolute atomic E-state index is 13.1. The topological polar surface area (TPSA) is 52.4 Å². The van der Waals surface area contributed by atoms with Crippen LogP contribution in [0.4, 0.5) is 10.1 Å². The van der Waals surface area contributed by atoms with Gasteiger partial charge in [-0.1, -0.05) is 11.6 Å². The molecule has 2 rings (SSSR count). The summed E-state index contributed by atoms with van der Waals surface area (Å²) in [6.45, 7) is 0. The fourth-order valence-electron chi connectivity index (χ4n) is 1.58. The van der Waals surface area contributed by atoms with E-state index in [0.717, 1.165) is 0 Å². The third-order valence-electron chi connectivity index (χ3n) is 2.51. The molecular formula is C13H8Cl2FNO3. The van der Waals surface area contributed by atoms with Crippen molar-refractivity contribution in [3.05, 3.63) is 62.9 Å². The standard InChI is InChI=1S/C13H8Cl2FNO3/c14-7-8-5-9(16)1-4-13(8)20-10-2-3-12(17(18)19)11(15)6-10/h1-6H,7H2. The van der Waals surface area contributed by atoms with E-state index in [4.69, 9.17) is 27.9 Å². The summed E-state index contributed by atoms with van der Waals surface area (Å²) in [5.41, 5.74) is 0.261. The van der Waals surface area contributed by atoms with Crippen molar-refractivity contribution in [3.63, 3.8) is 0 Å². The Morgan fingerprint density at radius 3 is 2.60 bits per heavy atom. The lowest BCUT2D eigenvalue weighted by atomic mass is 10.2. The van der Waals surface area contributed by atoms with Gasteiger partial charge < -0.3 is 4.74 Å². The molecule has 0 amide bonds. The van der Waals surface area contributed by atoms with E-state index in [1.807, 2.05) is 0 Å². The van der Waals surface area contributed by atoms with Crippen LogP contribution in [-0.2, 0) is 5.88 Å². The highest BCUT2D eigenvalue weighted by Gasteiger charge is 2.13. The molecule has 0 unspecified atom stereocenters. The number of benzene rings is 2. The van der Waals surface area contributed by atoms with Crippen LogP contribution in [0.2, 0.25) is 5.02 Å². The summed E-state index contributed by atoms with van der Waals surface area (Å²) >= 11 is 11.5. The zero-order valence-electron chi connectivity index (χ0n) is 9.98. The van der Waals surface area contributed by atoms with Crippen molar-refractivity contribution >= 4 is 28.9 Å². The molecule has 0 saturated heterocycles. The highest BCUT2D eigenvalue weighted by atomic mass is 35.5. The van der Waals surface area contributed by atoms with E-state index >= 15 is 0 Å². The van der Waals surface area contributed by atoms with Gasteiger partial charge in [-0.2, -0.15) is 0 Å². The lowest BCUT2D eigenvalue weighted by molar-refractivity contribution is -0.384. The summed E-state index contributed by atoms with van der Waals surface area (Å²) in [5.74, 6) is 0.327. The lowest BCUT2D eigenvalue weighted by Gasteiger charge is -2.10. The lowest BCUT2D eigenvalue weighted by Crippen LogP contribution is -1.93. The van der Waals surface area contributed by atoms with Gasteiger partial charge in [0.15, 0.2) is 0 Å². The molecule has 0 radical (unpaired) electrons. The van der Waals surface area contributed by atoms with E-state index in [-0.39, 0.29) is 16.6 Å². The van der Waals surface area contributed by atoms with Crippen LogP contribution in [0.3, 0.4) is 0 Å². The second-order valence-electron chi connectivity index (χ2n) is 3.86. The monoisotopic (exact) mass is 315 g/mol. The van der Waals surface area contributed by atoms with Crippen LogP contribution in [0.15, 0.2) is 36.4 Å². The molecule has 2 aromatic rings. The van der Waals surface area contributed by atoms with Crippen molar-refractivity contribution in [1.29, 1.82) is 0 Å². The normalized spacial score (nSPS) is 10.3. The fourth-order valence-corrected chi connectivity index (χ4v) is 2.03. The van der Waals surface area contributed by atoms with Gasteiger partial charge in [0.1, 0.15) is 22.3 Å². The number of rotatable bonds is 4. The average Bonchev–Trinajstić information content (AvgIpc) is 2.40. The van der Waals surface area contributed by atoms with Crippen LogP contribution in [0, 0.1) is 15.9 Å². The first-order valence-electron chi connectivity index (χ1n) is 5.47. The van der Waals surface area contributed by atoms with Crippen molar-refractivity contribution in [2.45, 2.75) is 5.88 Å². The Kier molecular flexibility index (Phi) is 4.42. The van der Waals surface area contributed by atoms with Crippen molar-refractivity contribution in [2.24, 2.45) is 0 Å². The minimum Gasteiger partial charge on any atom is -0.457 e. The third-order valence-corrected chi connectivity index (χ3v) is 3.10. The van der Waals surface area contributed by atoms with Crippen LogP contribution in [0.1, 0.15) is 5.56 Å². The van der Waals surface area contributed by atoms with Crippen molar-refractivity contribution in [3.8, 4) is 11.5 Å². The summed E-state index contributed by atoms with van der Waals surface area (Å²) in [6.07, 6.45) is 0. The van der Waals surface area contributed by atoms with Crippen molar-refractivity contribution in [2.75, 3.05) is 0 Å². The number of ether oxygens (including phenoxy) is 1. The average molecular weight is 316 g/mol. The van der Waals surface area contributed by atoms with Crippen molar-refractivity contribution < 1.29 is 14.1 Å². The van der Waals surface area contributed by atoms with E-state index in [0.29, 0.717) is 17.1 Å². The minimum absolute atomic E-state index is 0.0398. The number of nitro groups is 1. The van der Waals surface area contributed by atoms with Gasteiger partial charge in [-0.3, -0.25) is 10.1 Å². The molecule has 0 aromatic heterocycles. The first kappa shape index (κ1) is 14.6. The fraction of sp³-hybridized carbons (Fsp3) is 0.0769. The molecule has 0 atom stereocenters. The molecule has 0 N–H and O–H groups in total. The Balaban J connectivity index is 2.31. The van der Waals surface area contributed by atoms with Crippen LogP contribution < -0.4 is 4.74 Å². The smallest absolute Gasteiger partial charge is 0.288 e. The van der Waals surface area contributed by atoms with Crippen LogP contribution in [-0.4, -0.2) is 4.92 Å². The maximum Gasteiger partial charge on any atom is 0.288 e. The van der Waals surface area contributed by atoms with Gasteiger partial charge in [0.2, 0.25) is 0 Å². The first-order chi connectivity index (χ1) is 9.51. The molecule has 0 bridgehead atoms. The molecule has 20 heavy (non-hydrogen) atoms. The molecule has 2 aromatic carbocycles. The largest absolute Gasteiger partial charge is 0.457 e. The second kappa shape index (κ2) is 6.07. The van der Waals surface area contributed by atoms with Gasteiger partial charge in [0.25, 0.3) is 5.69 Å². The molecule has 0 saturated carbocycles. The van der Waals surface area contributed by atoms with Gasteiger partial charge in [0, 0.05) is 17.7 Å². The van der Waals surface area contributed by atoms with Gasteiger partial charge in [-0.25, -0.2) is 4.39 Å².